The summed E-state index contributed by atoms with van der Waals surface area (Å²) in [5.41, 5.74) is 1.57. The first-order valence-corrected chi connectivity index (χ1v) is 12.5. The van der Waals surface area contributed by atoms with E-state index >= 15 is 0 Å². The molecule has 1 aliphatic rings. The van der Waals surface area contributed by atoms with E-state index in [9.17, 15) is 24.8 Å². The first-order chi connectivity index (χ1) is 16.8. The second-order valence-electron chi connectivity index (χ2n) is 8.37. The molecule has 1 atom stereocenters. The zero-order valence-electron chi connectivity index (χ0n) is 18.7. The predicted molar refractivity (Wildman–Crippen MR) is 136 cm³/mol. The van der Waals surface area contributed by atoms with Gasteiger partial charge in [0.25, 0.3) is 11.5 Å². The summed E-state index contributed by atoms with van der Waals surface area (Å²) in [5, 5.41) is 24.5. The number of nitrogens with zero attached hydrogens (tertiary/aromatic N) is 3. The van der Waals surface area contributed by atoms with E-state index < -0.39 is 28.4 Å². The molecule has 176 valence electrons. The van der Waals surface area contributed by atoms with E-state index in [1.165, 1.54) is 51.8 Å². The lowest BCUT2D eigenvalue weighted by Gasteiger charge is -2.21. The molecule has 0 radical (unpaired) electrons. The number of non-ortho nitro benzene ring substituents is 1. The van der Waals surface area contributed by atoms with Gasteiger partial charge in [-0.1, -0.05) is 49.4 Å². The third-order valence-corrected chi connectivity index (χ3v) is 7.80. The number of thiophene rings is 1. The number of nitro groups is 1. The molecule has 1 aliphatic heterocycles. The number of Topliss-reactive ketones (excluding diaryl/α,β-unsaturated/α-hetero) is 1. The number of hydrogen-bond acceptors (Lipinski definition) is 8. The number of aromatic nitrogens is 1. The Kier molecular flexibility index (Phi) is 5.70. The van der Waals surface area contributed by atoms with E-state index in [2.05, 4.69) is 18.8 Å². The van der Waals surface area contributed by atoms with Crippen LogP contribution in [-0.2, 0) is 9.59 Å². The van der Waals surface area contributed by atoms with Gasteiger partial charge in [-0.2, -0.15) is 0 Å². The maximum Gasteiger partial charge on any atom is 0.301 e. The molecule has 4 aromatic rings. The summed E-state index contributed by atoms with van der Waals surface area (Å²) >= 11 is 2.64. The van der Waals surface area contributed by atoms with Crippen molar-refractivity contribution in [3.05, 3.63) is 91.7 Å². The number of amides is 1. The van der Waals surface area contributed by atoms with Gasteiger partial charge in [0.05, 0.1) is 20.7 Å². The normalized spacial score (nSPS) is 17.6. The first-order valence-electron chi connectivity index (χ1n) is 10.8. The van der Waals surface area contributed by atoms with E-state index in [4.69, 9.17) is 0 Å². The number of fused-ring (bicyclic) bond motifs is 1. The molecule has 0 aliphatic carbocycles. The van der Waals surface area contributed by atoms with Crippen molar-refractivity contribution in [3.8, 4) is 0 Å². The van der Waals surface area contributed by atoms with E-state index in [0.717, 1.165) is 10.3 Å². The van der Waals surface area contributed by atoms with Gasteiger partial charge in [-0.25, -0.2) is 4.98 Å². The quantitative estimate of drug-likeness (QED) is 0.117. The van der Waals surface area contributed by atoms with E-state index in [0.29, 0.717) is 21.4 Å². The highest BCUT2D eigenvalue weighted by Gasteiger charge is 2.48. The number of benzene rings is 2. The molecular formula is C25H19N3O5S2. The lowest BCUT2D eigenvalue weighted by Crippen LogP contribution is -2.28. The van der Waals surface area contributed by atoms with Gasteiger partial charge >= 0.3 is 5.91 Å². The molecule has 1 amide bonds. The van der Waals surface area contributed by atoms with Crippen LogP contribution in [0.5, 0.6) is 0 Å². The molecule has 2 aromatic heterocycles. The molecule has 3 heterocycles. The Morgan fingerprint density at radius 2 is 1.94 bits per heavy atom. The third kappa shape index (κ3) is 3.90. The van der Waals surface area contributed by atoms with Gasteiger partial charge in [-0.15, -0.1) is 11.3 Å². The minimum absolute atomic E-state index is 0.0876. The lowest BCUT2D eigenvalue weighted by molar-refractivity contribution is -0.384. The van der Waals surface area contributed by atoms with Gasteiger partial charge in [0.2, 0.25) is 0 Å². The molecule has 1 N–H and O–H groups in total. The number of carbonyl (C=O) groups excluding carboxylic acids is 2. The van der Waals surface area contributed by atoms with Gasteiger partial charge in [-0.05, 0) is 35.1 Å². The maximum atomic E-state index is 13.3. The largest absolute Gasteiger partial charge is 0.507 e. The second kappa shape index (κ2) is 8.71. The second-order valence-corrected chi connectivity index (χ2v) is 10.4. The SMILES string of the molecule is CC(C)c1ccc2nc(N3C(=O)C(=O)/C(=C(/O)c4cccc([N+](=O)[O-])c4)C3c3cccs3)sc2c1. The number of rotatable bonds is 5. The molecule has 1 fully saturated rings. The first kappa shape index (κ1) is 22.9. The van der Waals surface area contributed by atoms with Crippen LogP contribution in [0.3, 0.4) is 0 Å². The smallest absolute Gasteiger partial charge is 0.301 e. The Morgan fingerprint density at radius 1 is 1.14 bits per heavy atom. The monoisotopic (exact) mass is 505 g/mol. The fourth-order valence-electron chi connectivity index (χ4n) is 4.06. The standard InChI is InChI=1S/C25H19N3O5S2/c1-13(2)14-8-9-17-19(12-14)35-25(26-17)27-21(18-7-4-10-34-18)20(23(30)24(27)31)22(29)15-5-3-6-16(11-15)28(32)33/h3-13,21,29H,1-2H3/b22-20+. The summed E-state index contributed by atoms with van der Waals surface area (Å²) in [6.07, 6.45) is 0. The van der Waals surface area contributed by atoms with Crippen molar-refractivity contribution in [3.63, 3.8) is 0 Å². The van der Waals surface area contributed by atoms with Crippen LogP contribution in [0.2, 0.25) is 0 Å². The van der Waals surface area contributed by atoms with Crippen molar-refractivity contribution in [2.24, 2.45) is 0 Å². The Labute approximate surface area is 207 Å². The van der Waals surface area contributed by atoms with Crippen LogP contribution in [-0.4, -0.2) is 26.7 Å². The van der Waals surface area contributed by atoms with Crippen LogP contribution in [0.4, 0.5) is 10.8 Å². The summed E-state index contributed by atoms with van der Waals surface area (Å²) in [6.45, 7) is 4.18. The van der Waals surface area contributed by atoms with E-state index in [1.54, 1.807) is 12.1 Å². The summed E-state index contributed by atoms with van der Waals surface area (Å²) in [4.78, 5) is 43.8. The van der Waals surface area contributed by atoms with Crippen molar-refractivity contribution in [2.75, 3.05) is 4.90 Å². The van der Waals surface area contributed by atoms with Crippen molar-refractivity contribution in [2.45, 2.75) is 25.8 Å². The summed E-state index contributed by atoms with van der Waals surface area (Å²) < 4.78 is 0.886. The van der Waals surface area contributed by atoms with Gasteiger partial charge in [0, 0.05) is 22.6 Å². The number of thiazole rings is 1. The van der Waals surface area contributed by atoms with Crippen LogP contribution in [0.15, 0.2) is 65.6 Å². The Bertz CT molecular complexity index is 1520. The van der Waals surface area contributed by atoms with Gasteiger partial charge in [0.1, 0.15) is 11.8 Å². The van der Waals surface area contributed by atoms with Gasteiger partial charge in [0.15, 0.2) is 5.13 Å². The molecule has 1 saturated heterocycles. The molecular weight excluding hydrogens is 486 g/mol. The zero-order valence-corrected chi connectivity index (χ0v) is 20.3. The highest BCUT2D eigenvalue weighted by Crippen LogP contribution is 2.45. The van der Waals surface area contributed by atoms with Crippen LogP contribution in [0, 0.1) is 10.1 Å². The van der Waals surface area contributed by atoms with Crippen LogP contribution >= 0.6 is 22.7 Å². The maximum absolute atomic E-state index is 13.3. The van der Waals surface area contributed by atoms with Crippen LogP contribution in [0.25, 0.3) is 16.0 Å². The highest BCUT2D eigenvalue weighted by molar-refractivity contribution is 7.22. The number of ketones is 1. The van der Waals surface area contributed by atoms with Crippen molar-refractivity contribution >= 4 is 61.2 Å². The van der Waals surface area contributed by atoms with Crippen molar-refractivity contribution in [1.29, 1.82) is 0 Å². The fourth-order valence-corrected chi connectivity index (χ4v) is 5.92. The van der Waals surface area contributed by atoms with Crippen LogP contribution in [0.1, 0.15) is 41.8 Å². The molecule has 8 nitrogen and oxygen atoms in total. The molecule has 0 saturated carbocycles. The average molecular weight is 506 g/mol. The predicted octanol–water partition coefficient (Wildman–Crippen LogP) is 6.02. The highest BCUT2D eigenvalue weighted by atomic mass is 32.1. The number of nitro benzene ring substituents is 1. The number of aliphatic hydroxyl groups excluding tert-OH is 1. The Morgan fingerprint density at radius 3 is 2.63 bits per heavy atom. The fraction of sp³-hybridized carbons (Fsp3) is 0.160. The van der Waals surface area contributed by atoms with E-state index in [1.807, 2.05) is 23.6 Å². The van der Waals surface area contributed by atoms with Gasteiger partial charge < -0.3 is 5.11 Å². The van der Waals surface area contributed by atoms with Gasteiger partial charge in [-0.3, -0.25) is 24.6 Å². The molecule has 0 spiro atoms. The molecule has 0 bridgehead atoms. The Balaban J connectivity index is 1.68. The molecule has 1 unspecified atom stereocenters. The number of anilines is 1. The number of carbonyl (C=O) groups is 2. The summed E-state index contributed by atoms with van der Waals surface area (Å²) in [6, 6.07) is 13.9. The molecule has 2 aromatic carbocycles. The average Bonchev–Trinajstić information content (AvgIpc) is 3.57. The summed E-state index contributed by atoms with van der Waals surface area (Å²) in [5.74, 6) is -1.82. The van der Waals surface area contributed by atoms with E-state index in [-0.39, 0.29) is 16.8 Å². The number of aliphatic hydroxyl groups is 1. The minimum Gasteiger partial charge on any atom is -0.507 e. The van der Waals surface area contributed by atoms with Crippen molar-refractivity contribution in [1.82, 2.24) is 4.98 Å². The third-order valence-electron chi connectivity index (χ3n) is 5.86. The number of hydrogen-bond donors (Lipinski definition) is 1. The molecule has 10 heteroatoms. The molecule has 35 heavy (non-hydrogen) atoms. The Hall–Kier alpha value is -3.89. The molecule has 5 rings (SSSR count). The minimum atomic E-state index is -0.903. The lowest BCUT2D eigenvalue weighted by atomic mass is 9.99. The van der Waals surface area contributed by atoms with Crippen LogP contribution < -0.4 is 4.90 Å². The topological polar surface area (TPSA) is 114 Å². The zero-order chi connectivity index (χ0) is 24.9. The summed E-state index contributed by atoms with van der Waals surface area (Å²) in [7, 11) is 0. The van der Waals surface area contributed by atoms with Crippen molar-refractivity contribution < 1.29 is 19.6 Å².